The Morgan fingerprint density at radius 3 is 1.94 bits per heavy atom. The van der Waals surface area contributed by atoms with E-state index in [1.165, 1.54) is 0 Å². The largest absolute Gasteiger partial charge is 0.325 e. The first-order chi connectivity index (χ1) is 16.6. The number of ketones is 1. The highest BCUT2D eigenvalue weighted by Gasteiger charge is 2.37. The summed E-state index contributed by atoms with van der Waals surface area (Å²) in [6.07, 6.45) is 0. The van der Waals surface area contributed by atoms with Crippen LogP contribution in [0.4, 0.5) is 5.69 Å². The van der Waals surface area contributed by atoms with Gasteiger partial charge < -0.3 is 5.32 Å². The summed E-state index contributed by atoms with van der Waals surface area (Å²) in [5, 5.41) is 3.00. The number of hydrogen-bond donors (Lipinski definition) is 1. The van der Waals surface area contributed by atoms with Gasteiger partial charge in [0.2, 0.25) is 5.91 Å². The minimum Gasteiger partial charge on any atom is -0.325 e. The van der Waals surface area contributed by atoms with E-state index in [0.717, 1.165) is 11.1 Å². The Kier molecular flexibility index (Phi) is 8.18. The lowest BCUT2D eigenvalue weighted by molar-refractivity contribution is -0.118. The number of anilines is 1. The summed E-state index contributed by atoms with van der Waals surface area (Å²) in [5.41, 5.74) is 3.01. The van der Waals surface area contributed by atoms with Crippen LogP contribution >= 0.6 is 23.4 Å². The zero-order valence-corrected chi connectivity index (χ0v) is 20.0. The number of carbonyl (C=O) groups excluding carboxylic acids is 2. The van der Waals surface area contributed by atoms with E-state index in [4.69, 9.17) is 11.6 Å². The molecule has 34 heavy (non-hydrogen) atoms. The predicted molar refractivity (Wildman–Crippen MR) is 141 cm³/mol. The van der Waals surface area contributed by atoms with Gasteiger partial charge in [-0.25, -0.2) is 0 Å². The van der Waals surface area contributed by atoms with Crippen molar-refractivity contribution in [1.29, 1.82) is 0 Å². The van der Waals surface area contributed by atoms with Gasteiger partial charge in [0.1, 0.15) is 5.92 Å². The van der Waals surface area contributed by atoms with E-state index in [0.29, 0.717) is 22.0 Å². The molecule has 0 aromatic heterocycles. The van der Waals surface area contributed by atoms with Crippen molar-refractivity contribution in [2.45, 2.75) is 11.0 Å². The van der Waals surface area contributed by atoms with E-state index in [1.54, 1.807) is 42.1 Å². The van der Waals surface area contributed by atoms with Gasteiger partial charge in [-0.05, 0) is 29.3 Å². The minimum atomic E-state index is -0.976. The molecule has 0 bridgehead atoms. The zero-order chi connectivity index (χ0) is 23.8. The maximum absolute atomic E-state index is 13.8. The van der Waals surface area contributed by atoms with Crippen LogP contribution in [0, 0.1) is 5.92 Å². The molecule has 1 amide bonds. The van der Waals surface area contributed by atoms with Gasteiger partial charge in [0.25, 0.3) is 0 Å². The number of amides is 1. The van der Waals surface area contributed by atoms with Crippen molar-refractivity contribution in [1.82, 2.24) is 0 Å². The van der Waals surface area contributed by atoms with Gasteiger partial charge in [-0.15, -0.1) is 11.8 Å². The highest BCUT2D eigenvalue weighted by atomic mass is 35.5. The molecule has 0 aliphatic rings. The maximum Gasteiger partial charge on any atom is 0.236 e. The summed E-state index contributed by atoms with van der Waals surface area (Å²) in [6.45, 7) is 0. The quantitative estimate of drug-likeness (QED) is 0.198. The molecule has 0 radical (unpaired) electrons. The third-order valence-electron chi connectivity index (χ3n) is 5.45. The Morgan fingerprint density at radius 1 is 0.735 bits per heavy atom. The van der Waals surface area contributed by atoms with Crippen LogP contribution in [-0.2, 0) is 10.5 Å². The van der Waals surface area contributed by atoms with Crippen molar-refractivity contribution in [3.05, 3.63) is 137 Å². The molecule has 0 heterocycles. The average molecular weight is 486 g/mol. The number of rotatable bonds is 9. The number of hydrogen-bond acceptors (Lipinski definition) is 3. The molecule has 170 valence electrons. The van der Waals surface area contributed by atoms with Crippen LogP contribution in [-0.4, -0.2) is 11.7 Å². The molecule has 0 unspecified atom stereocenters. The number of Topliss-reactive ketones (excluding diaryl/α,β-unsaturated/α-hetero) is 1. The summed E-state index contributed by atoms with van der Waals surface area (Å²) in [6, 6.07) is 35.6. The van der Waals surface area contributed by atoms with Crippen molar-refractivity contribution >= 4 is 40.7 Å². The van der Waals surface area contributed by atoms with Crippen LogP contribution in [0.25, 0.3) is 0 Å². The highest BCUT2D eigenvalue weighted by molar-refractivity contribution is 7.98. The van der Waals surface area contributed by atoms with E-state index >= 15 is 0 Å². The van der Waals surface area contributed by atoms with Gasteiger partial charge in [-0.2, -0.15) is 0 Å². The summed E-state index contributed by atoms with van der Waals surface area (Å²) < 4.78 is 0. The molecule has 4 aromatic carbocycles. The standard InChI is InChI=1S/C29H24ClNO2S/c30-25-19-11-10-18-24(25)28(34-20-21-12-4-1-5-13-21)26(27(32)22-14-6-2-7-15-22)29(33)31-23-16-8-3-9-17-23/h1-19,26,28H,20H2,(H,31,33)/t26-,28+/m1/s1. The maximum atomic E-state index is 13.8. The van der Waals surface area contributed by atoms with E-state index < -0.39 is 11.2 Å². The van der Waals surface area contributed by atoms with Crippen molar-refractivity contribution < 1.29 is 9.59 Å². The molecule has 4 rings (SSSR count). The van der Waals surface area contributed by atoms with Crippen molar-refractivity contribution in [2.24, 2.45) is 5.92 Å². The average Bonchev–Trinajstić information content (AvgIpc) is 2.88. The molecule has 3 nitrogen and oxygen atoms in total. The number of para-hydroxylation sites is 1. The lowest BCUT2D eigenvalue weighted by atomic mass is 9.89. The van der Waals surface area contributed by atoms with Gasteiger partial charge >= 0.3 is 0 Å². The smallest absolute Gasteiger partial charge is 0.236 e. The van der Waals surface area contributed by atoms with Gasteiger partial charge in [-0.3, -0.25) is 9.59 Å². The number of halogens is 1. The van der Waals surface area contributed by atoms with Crippen molar-refractivity contribution in [2.75, 3.05) is 5.32 Å². The molecule has 0 aliphatic carbocycles. The third-order valence-corrected chi connectivity index (χ3v) is 7.18. The molecule has 0 aliphatic heterocycles. The second-order valence-corrected chi connectivity index (χ2v) is 9.34. The molecule has 0 saturated carbocycles. The van der Waals surface area contributed by atoms with Crippen LogP contribution in [0.5, 0.6) is 0 Å². The van der Waals surface area contributed by atoms with Gasteiger partial charge in [0.05, 0.1) is 5.25 Å². The Morgan fingerprint density at radius 2 is 1.29 bits per heavy atom. The fourth-order valence-corrected chi connectivity index (χ4v) is 5.46. The highest BCUT2D eigenvalue weighted by Crippen LogP contribution is 2.42. The number of nitrogens with one attached hydrogen (secondary N) is 1. The zero-order valence-electron chi connectivity index (χ0n) is 18.4. The second kappa shape index (κ2) is 11.7. The molecular weight excluding hydrogens is 462 g/mol. The topological polar surface area (TPSA) is 46.2 Å². The lowest BCUT2D eigenvalue weighted by Crippen LogP contribution is -2.34. The lowest BCUT2D eigenvalue weighted by Gasteiger charge is -2.26. The first-order valence-corrected chi connectivity index (χ1v) is 12.4. The van der Waals surface area contributed by atoms with Gasteiger partial charge in [0, 0.05) is 22.0 Å². The molecule has 4 aromatic rings. The molecule has 5 heteroatoms. The fourth-order valence-electron chi connectivity index (χ4n) is 3.75. The summed E-state index contributed by atoms with van der Waals surface area (Å²) in [5.74, 6) is -0.935. The Labute approximate surface area is 209 Å². The monoisotopic (exact) mass is 485 g/mol. The Balaban J connectivity index is 1.75. The van der Waals surface area contributed by atoms with Gasteiger partial charge in [-0.1, -0.05) is 109 Å². The number of benzene rings is 4. The number of carbonyl (C=O) groups is 2. The second-order valence-electron chi connectivity index (χ2n) is 7.80. The van der Waals surface area contributed by atoms with Crippen molar-refractivity contribution in [3.63, 3.8) is 0 Å². The van der Waals surface area contributed by atoms with E-state index in [-0.39, 0.29) is 11.7 Å². The van der Waals surface area contributed by atoms with Crippen LogP contribution < -0.4 is 5.32 Å². The van der Waals surface area contributed by atoms with Crippen LogP contribution in [0.3, 0.4) is 0 Å². The van der Waals surface area contributed by atoms with E-state index in [9.17, 15) is 9.59 Å². The Hall–Kier alpha value is -3.34. The Bertz CT molecular complexity index is 1230. The van der Waals surface area contributed by atoms with E-state index in [1.807, 2.05) is 84.9 Å². The molecule has 1 N–H and O–H groups in total. The first-order valence-electron chi connectivity index (χ1n) is 11.0. The first kappa shape index (κ1) is 23.8. The minimum absolute atomic E-state index is 0.237. The third kappa shape index (κ3) is 5.96. The molecule has 0 spiro atoms. The molecule has 2 atom stereocenters. The van der Waals surface area contributed by atoms with Crippen LogP contribution in [0.2, 0.25) is 5.02 Å². The SMILES string of the molecule is O=C(Nc1ccccc1)[C@H](C(=O)c1ccccc1)[C@@H](SCc1ccccc1)c1ccccc1Cl. The van der Waals surface area contributed by atoms with Crippen molar-refractivity contribution in [3.8, 4) is 0 Å². The number of thioether (sulfide) groups is 1. The van der Waals surface area contributed by atoms with E-state index in [2.05, 4.69) is 5.32 Å². The fraction of sp³-hybridized carbons (Fsp3) is 0.103. The molecule has 0 fully saturated rings. The predicted octanol–water partition coefficient (Wildman–Crippen LogP) is 7.45. The van der Waals surface area contributed by atoms with Crippen LogP contribution in [0.15, 0.2) is 115 Å². The molecule has 0 saturated heterocycles. The summed E-state index contributed by atoms with van der Waals surface area (Å²) in [4.78, 5) is 27.5. The van der Waals surface area contributed by atoms with Crippen LogP contribution in [0.1, 0.15) is 26.7 Å². The normalized spacial score (nSPS) is 12.5. The summed E-state index contributed by atoms with van der Waals surface area (Å²) in [7, 11) is 0. The molecular formula is C29H24ClNO2S. The summed E-state index contributed by atoms with van der Waals surface area (Å²) >= 11 is 8.15. The van der Waals surface area contributed by atoms with Gasteiger partial charge in [0.15, 0.2) is 5.78 Å².